The first kappa shape index (κ1) is 11.7. The molecule has 0 saturated heterocycles. The van der Waals surface area contributed by atoms with E-state index in [-0.39, 0.29) is 16.4 Å². The average molecular weight is 228 g/mol. The van der Waals surface area contributed by atoms with Gasteiger partial charge in [0.2, 0.25) is 5.12 Å². The van der Waals surface area contributed by atoms with E-state index in [4.69, 9.17) is 9.47 Å². The lowest BCUT2D eigenvalue weighted by Crippen LogP contribution is -1.99. The number of ether oxygens (including phenoxy) is 2. The van der Waals surface area contributed by atoms with Crippen molar-refractivity contribution in [3.63, 3.8) is 0 Å². The van der Waals surface area contributed by atoms with Crippen LogP contribution in [0.15, 0.2) is 12.1 Å². The SMILES string of the molecule is COc1cc(O)c(C(=O)SC)c(OC)c1. The summed E-state index contributed by atoms with van der Waals surface area (Å²) in [4.78, 5) is 11.5. The van der Waals surface area contributed by atoms with Crippen LogP contribution in [-0.2, 0) is 0 Å². The van der Waals surface area contributed by atoms with Gasteiger partial charge in [-0.1, -0.05) is 11.8 Å². The minimum absolute atomic E-state index is 0.134. The van der Waals surface area contributed by atoms with E-state index < -0.39 is 0 Å². The second kappa shape index (κ2) is 4.93. The molecule has 15 heavy (non-hydrogen) atoms. The molecule has 0 saturated carbocycles. The number of rotatable bonds is 3. The van der Waals surface area contributed by atoms with Crippen LogP contribution < -0.4 is 9.47 Å². The summed E-state index contributed by atoms with van der Waals surface area (Å²) in [6, 6.07) is 2.94. The van der Waals surface area contributed by atoms with E-state index in [0.717, 1.165) is 11.8 Å². The van der Waals surface area contributed by atoms with Gasteiger partial charge < -0.3 is 14.6 Å². The topological polar surface area (TPSA) is 55.8 Å². The number of phenolic OH excluding ortho intramolecular Hbond substituents is 1. The lowest BCUT2D eigenvalue weighted by molar-refractivity contribution is 0.108. The zero-order chi connectivity index (χ0) is 11.4. The molecular weight excluding hydrogens is 216 g/mol. The summed E-state index contributed by atoms with van der Waals surface area (Å²) in [7, 11) is 2.91. The third kappa shape index (κ3) is 2.36. The van der Waals surface area contributed by atoms with Gasteiger partial charge in [-0.15, -0.1) is 0 Å². The predicted octanol–water partition coefficient (Wildman–Crippen LogP) is 1.91. The Morgan fingerprint density at radius 3 is 2.47 bits per heavy atom. The molecule has 1 N–H and O–H groups in total. The van der Waals surface area contributed by atoms with Gasteiger partial charge in [-0.05, 0) is 6.26 Å². The molecule has 0 aliphatic rings. The normalized spacial score (nSPS) is 9.80. The van der Waals surface area contributed by atoms with Crippen LogP contribution in [0, 0.1) is 0 Å². The first-order valence-corrected chi connectivity index (χ1v) is 5.39. The molecule has 82 valence electrons. The van der Waals surface area contributed by atoms with Crippen molar-refractivity contribution in [3.05, 3.63) is 17.7 Å². The highest BCUT2D eigenvalue weighted by Gasteiger charge is 2.18. The molecule has 1 aromatic carbocycles. The fraction of sp³-hybridized carbons (Fsp3) is 0.300. The summed E-state index contributed by atoms with van der Waals surface area (Å²) < 4.78 is 9.97. The highest BCUT2D eigenvalue weighted by Crippen LogP contribution is 2.35. The zero-order valence-electron chi connectivity index (χ0n) is 8.73. The van der Waals surface area contributed by atoms with Crippen molar-refractivity contribution in [2.75, 3.05) is 20.5 Å². The van der Waals surface area contributed by atoms with Crippen LogP contribution >= 0.6 is 11.8 Å². The first-order valence-electron chi connectivity index (χ1n) is 4.17. The fourth-order valence-electron chi connectivity index (χ4n) is 1.16. The summed E-state index contributed by atoms with van der Waals surface area (Å²) in [5.41, 5.74) is 0.172. The third-order valence-electron chi connectivity index (χ3n) is 1.90. The monoisotopic (exact) mass is 228 g/mol. The Labute approximate surface area is 92.2 Å². The number of hydrogen-bond donors (Lipinski definition) is 1. The first-order chi connectivity index (χ1) is 7.13. The highest BCUT2D eigenvalue weighted by atomic mass is 32.2. The van der Waals surface area contributed by atoms with Crippen LogP contribution in [0.3, 0.4) is 0 Å². The van der Waals surface area contributed by atoms with Crippen molar-refractivity contribution < 1.29 is 19.4 Å². The van der Waals surface area contributed by atoms with Crippen LogP contribution in [0.5, 0.6) is 17.2 Å². The molecule has 0 spiro atoms. The standard InChI is InChI=1S/C10H12O4S/c1-13-6-4-7(11)9(10(12)15-3)8(5-6)14-2/h4-5,11H,1-3H3. The summed E-state index contributed by atoms with van der Waals surface area (Å²) >= 11 is 1.02. The minimum atomic E-state index is -0.244. The molecule has 0 amide bonds. The smallest absolute Gasteiger partial charge is 0.226 e. The van der Waals surface area contributed by atoms with Gasteiger partial charge in [0.1, 0.15) is 22.8 Å². The summed E-state index contributed by atoms with van der Waals surface area (Å²) in [6.07, 6.45) is 1.64. The van der Waals surface area contributed by atoms with E-state index in [1.807, 2.05) is 0 Å². The van der Waals surface area contributed by atoms with Gasteiger partial charge in [0.25, 0.3) is 0 Å². The molecule has 0 aromatic heterocycles. The van der Waals surface area contributed by atoms with Crippen LogP contribution in [0.25, 0.3) is 0 Å². The van der Waals surface area contributed by atoms with Gasteiger partial charge >= 0.3 is 0 Å². The Morgan fingerprint density at radius 1 is 1.33 bits per heavy atom. The third-order valence-corrected chi connectivity index (χ3v) is 2.47. The molecule has 1 rings (SSSR count). The largest absolute Gasteiger partial charge is 0.507 e. The Morgan fingerprint density at radius 2 is 2.00 bits per heavy atom. The number of phenols is 1. The number of hydrogen-bond acceptors (Lipinski definition) is 5. The molecule has 0 fully saturated rings. The minimum Gasteiger partial charge on any atom is -0.507 e. The quantitative estimate of drug-likeness (QED) is 0.856. The molecule has 0 aliphatic carbocycles. The number of carbonyl (C=O) groups excluding carboxylic acids is 1. The van der Waals surface area contributed by atoms with Gasteiger partial charge in [-0.25, -0.2) is 0 Å². The molecular formula is C10H12O4S. The summed E-state index contributed by atoms with van der Waals surface area (Å²) in [5, 5.41) is 9.40. The molecule has 0 unspecified atom stereocenters. The zero-order valence-corrected chi connectivity index (χ0v) is 9.55. The van der Waals surface area contributed by atoms with Crippen LogP contribution in [0.4, 0.5) is 0 Å². The Balaban J connectivity index is 3.30. The van der Waals surface area contributed by atoms with Gasteiger partial charge in [-0.2, -0.15) is 0 Å². The van der Waals surface area contributed by atoms with E-state index in [9.17, 15) is 9.90 Å². The molecule has 5 heteroatoms. The maximum absolute atomic E-state index is 11.5. The van der Waals surface area contributed by atoms with Gasteiger partial charge in [-0.3, -0.25) is 4.79 Å². The lowest BCUT2D eigenvalue weighted by atomic mass is 10.2. The van der Waals surface area contributed by atoms with Crippen molar-refractivity contribution >= 4 is 16.9 Å². The van der Waals surface area contributed by atoms with Crippen molar-refractivity contribution in [3.8, 4) is 17.2 Å². The number of thioether (sulfide) groups is 1. The average Bonchev–Trinajstić information content (AvgIpc) is 2.26. The van der Waals surface area contributed by atoms with E-state index in [0.29, 0.717) is 11.5 Å². The maximum atomic E-state index is 11.5. The van der Waals surface area contributed by atoms with E-state index >= 15 is 0 Å². The maximum Gasteiger partial charge on any atom is 0.226 e. The Bertz CT molecular complexity index is 376. The molecule has 0 aliphatic heterocycles. The van der Waals surface area contributed by atoms with E-state index in [2.05, 4.69) is 0 Å². The molecule has 0 heterocycles. The van der Waals surface area contributed by atoms with Gasteiger partial charge in [0.15, 0.2) is 0 Å². The molecule has 0 atom stereocenters. The molecule has 0 radical (unpaired) electrons. The highest BCUT2D eigenvalue weighted by molar-refractivity contribution is 8.13. The van der Waals surface area contributed by atoms with E-state index in [1.165, 1.54) is 20.3 Å². The van der Waals surface area contributed by atoms with Crippen LogP contribution in [0.1, 0.15) is 10.4 Å². The molecule has 4 nitrogen and oxygen atoms in total. The van der Waals surface area contributed by atoms with Crippen molar-refractivity contribution in [2.24, 2.45) is 0 Å². The molecule has 0 bridgehead atoms. The second-order valence-electron chi connectivity index (χ2n) is 2.72. The van der Waals surface area contributed by atoms with Gasteiger partial charge in [0.05, 0.1) is 14.2 Å². The van der Waals surface area contributed by atoms with E-state index in [1.54, 1.807) is 12.3 Å². The fourth-order valence-corrected chi connectivity index (χ4v) is 1.57. The van der Waals surface area contributed by atoms with Crippen molar-refractivity contribution in [1.82, 2.24) is 0 Å². The summed E-state index contributed by atoms with van der Waals surface area (Å²) in [6.45, 7) is 0. The van der Waals surface area contributed by atoms with Crippen molar-refractivity contribution in [1.29, 1.82) is 0 Å². The second-order valence-corrected chi connectivity index (χ2v) is 3.49. The van der Waals surface area contributed by atoms with Crippen molar-refractivity contribution in [2.45, 2.75) is 0 Å². The van der Waals surface area contributed by atoms with Crippen LogP contribution in [0.2, 0.25) is 0 Å². The van der Waals surface area contributed by atoms with Gasteiger partial charge in [0, 0.05) is 12.1 Å². The lowest BCUT2D eigenvalue weighted by Gasteiger charge is -2.10. The summed E-state index contributed by atoms with van der Waals surface area (Å²) in [5.74, 6) is 0.624. The Hall–Kier alpha value is -1.36. The number of carbonyl (C=O) groups is 1. The number of methoxy groups -OCH3 is 2. The number of benzene rings is 1. The molecule has 1 aromatic rings. The number of aromatic hydroxyl groups is 1. The predicted molar refractivity (Wildman–Crippen MR) is 59.1 cm³/mol. The van der Waals surface area contributed by atoms with Crippen LogP contribution in [-0.4, -0.2) is 30.7 Å². The Kier molecular flexibility index (Phi) is 3.85.